The van der Waals surface area contributed by atoms with Crippen LogP contribution in [0.15, 0.2) is 23.2 Å². The Hall–Kier alpha value is -1.83. The smallest absolute Gasteiger partial charge is 0.115 e. The molecule has 1 aliphatic heterocycles. The highest BCUT2D eigenvalue weighted by atomic mass is 16.5. The lowest BCUT2D eigenvalue weighted by atomic mass is 10.0. The van der Waals surface area contributed by atoms with Crippen molar-refractivity contribution in [3.05, 3.63) is 34.9 Å². The van der Waals surface area contributed by atoms with E-state index in [9.17, 15) is 0 Å². The van der Waals surface area contributed by atoms with E-state index in [1.807, 2.05) is 0 Å². The van der Waals surface area contributed by atoms with Gasteiger partial charge in [0.2, 0.25) is 0 Å². The van der Waals surface area contributed by atoms with E-state index < -0.39 is 0 Å². The highest BCUT2D eigenvalue weighted by Crippen LogP contribution is 2.27. The van der Waals surface area contributed by atoms with Crippen LogP contribution in [0.5, 0.6) is 0 Å². The van der Waals surface area contributed by atoms with Crippen molar-refractivity contribution in [2.75, 3.05) is 13.2 Å². The topological polar surface area (TPSA) is 59.6 Å². The van der Waals surface area contributed by atoms with Crippen LogP contribution in [0.25, 0.3) is 0 Å². The molecule has 0 bridgehead atoms. The second kappa shape index (κ2) is 8.32. The maximum atomic E-state index is 5.73. The van der Waals surface area contributed by atoms with Gasteiger partial charge in [-0.25, -0.2) is 5.84 Å². The first-order valence-corrected chi connectivity index (χ1v) is 8.97. The van der Waals surface area contributed by atoms with Gasteiger partial charge in [0.25, 0.3) is 0 Å². The maximum absolute atomic E-state index is 5.73. The first-order chi connectivity index (χ1) is 11.7. The van der Waals surface area contributed by atoms with E-state index in [-0.39, 0.29) is 6.10 Å². The summed E-state index contributed by atoms with van der Waals surface area (Å²) >= 11 is 0. The molecular formula is C20H27N3O. The predicted octanol–water partition coefficient (Wildman–Crippen LogP) is 2.73. The van der Waals surface area contributed by atoms with Gasteiger partial charge < -0.3 is 10.2 Å². The molecule has 2 aliphatic rings. The maximum Gasteiger partial charge on any atom is 0.115 e. The number of ether oxygens (including phenoxy) is 1. The van der Waals surface area contributed by atoms with E-state index in [0.717, 1.165) is 30.8 Å². The van der Waals surface area contributed by atoms with Gasteiger partial charge in [0.1, 0.15) is 5.84 Å². The van der Waals surface area contributed by atoms with E-state index in [0.29, 0.717) is 18.9 Å². The molecule has 1 aromatic rings. The highest BCUT2D eigenvalue weighted by Gasteiger charge is 2.17. The molecule has 1 saturated heterocycles. The van der Waals surface area contributed by atoms with Crippen LogP contribution in [0, 0.1) is 24.7 Å². The molecule has 1 atom stereocenters. The van der Waals surface area contributed by atoms with Crippen molar-refractivity contribution in [2.45, 2.75) is 51.6 Å². The van der Waals surface area contributed by atoms with Crippen LogP contribution < -0.4 is 11.3 Å². The van der Waals surface area contributed by atoms with Gasteiger partial charge in [-0.15, -0.1) is 0 Å². The fourth-order valence-electron chi connectivity index (χ4n) is 2.85. The van der Waals surface area contributed by atoms with Gasteiger partial charge in [0.15, 0.2) is 0 Å². The lowest BCUT2D eigenvalue weighted by molar-refractivity contribution is 0.0224. The molecule has 1 saturated carbocycles. The second-order valence-corrected chi connectivity index (χ2v) is 6.78. The molecule has 1 aliphatic carbocycles. The number of aliphatic imine (C=N–C) groups is 1. The Bertz CT molecular complexity index is 647. The SMILES string of the molecule is Cc1ccc(C#CC2CC2)cc1CC(=NCC1CCCCO1)NN. The van der Waals surface area contributed by atoms with E-state index in [1.165, 1.54) is 30.4 Å². The van der Waals surface area contributed by atoms with E-state index in [2.05, 4.69) is 47.4 Å². The normalized spacial score (nSPS) is 21.1. The summed E-state index contributed by atoms with van der Waals surface area (Å²) in [6.45, 7) is 3.65. The van der Waals surface area contributed by atoms with Crippen LogP contribution >= 0.6 is 0 Å². The summed E-state index contributed by atoms with van der Waals surface area (Å²) in [5.41, 5.74) is 6.29. The molecule has 1 aromatic carbocycles. The van der Waals surface area contributed by atoms with Crippen LogP contribution in [-0.2, 0) is 11.2 Å². The lowest BCUT2D eigenvalue weighted by Gasteiger charge is -2.21. The second-order valence-electron chi connectivity index (χ2n) is 6.78. The molecule has 4 heteroatoms. The average Bonchev–Trinajstić information content (AvgIpc) is 3.44. The third-order valence-electron chi connectivity index (χ3n) is 4.63. The van der Waals surface area contributed by atoms with Crippen LogP contribution in [0.1, 0.15) is 48.8 Å². The largest absolute Gasteiger partial charge is 0.376 e. The molecule has 1 heterocycles. The third-order valence-corrected chi connectivity index (χ3v) is 4.63. The van der Waals surface area contributed by atoms with Gasteiger partial charge in [-0.1, -0.05) is 17.9 Å². The number of nitrogens with two attached hydrogens (primary N) is 1. The zero-order valence-corrected chi connectivity index (χ0v) is 14.5. The summed E-state index contributed by atoms with van der Waals surface area (Å²) in [7, 11) is 0. The van der Waals surface area contributed by atoms with Crippen LogP contribution in [-0.4, -0.2) is 25.1 Å². The fraction of sp³-hybridized carbons (Fsp3) is 0.550. The summed E-state index contributed by atoms with van der Waals surface area (Å²) in [6, 6.07) is 6.39. The Labute approximate surface area is 144 Å². The zero-order chi connectivity index (χ0) is 16.8. The van der Waals surface area contributed by atoms with Crippen molar-refractivity contribution in [3.8, 4) is 11.8 Å². The van der Waals surface area contributed by atoms with Crippen LogP contribution in [0.2, 0.25) is 0 Å². The molecule has 4 nitrogen and oxygen atoms in total. The number of benzene rings is 1. The van der Waals surface area contributed by atoms with Crippen molar-refractivity contribution >= 4 is 5.84 Å². The van der Waals surface area contributed by atoms with Crippen LogP contribution in [0.3, 0.4) is 0 Å². The van der Waals surface area contributed by atoms with Crippen LogP contribution in [0.4, 0.5) is 0 Å². The van der Waals surface area contributed by atoms with Crippen molar-refractivity contribution in [2.24, 2.45) is 16.8 Å². The van der Waals surface area contributed by atoms with Gasteiger partial charge in [-0.05, 0) is 62.3 Å². The number of nitrogens with one attached hydrogen (secondary N) is 1. The Morgan fingerprint density at radius 1 is 1.33 bits per heavy atom. The summed E-state index contributed by atoms with van der Waals surface area (Å²) in [6.07, 6.45) is 6.92. The molecule has 128 valence electrons. The number of nitrogens with zero attached hydrogens (tertiary/aromatic N) is 1. The number of amidine groups is 1. The van der Waals surface area contributed by atoms with Gasteiger partial charge in [-0.3, -0.25) is 4.99 Å². The molecule has 0 radical (unpaired) electrons. The number of hydrazine groups is 1. The molecular weight excluding hydrogens is 298 g/mol. The number of aryl methyl sites for hydroxylation is 1. The number of hydrogen-bond donors (Lipinski definition) is 2. The summed E-state index contributed by atoms with van der Waals surface area (Å²) in [5, 5.41) is 0. The number of rotatable bonds is 4. The molecule has 0 aromatic heterocycles. The average molecular weight is 325 g/mol. The minimum Gasteiger partial charge on any atom is -0.376 e. The Morgan fingerprint density at radius 2 is 2.21 bits per heavy atom. The molecule has 0 amide bonds. The number of hydrogen-bond acceptors (Lipinski definition) is 3. The van der Waals surface area contributed by atoms with Gasteiger partial charge in [0.05, 0.1) is 12.6 Å². The molecule has 1 unspecified atom stereocenters. The van der Waals surface area contributed by atoms with Gasteiger partial charge >= 0.3 is 0 Å². The molecule has 0 spiro atoms. The minimum absolute atomic E-state index is 0.235. The first-order valence-electron chi connectivity index (χ1n) is 8.97. The predicted molar refractivity (Wildman–Crippen MR) is 97.7 cm³/mol. The zero-order valence-electron chi connectivity index (χ0n) is 14.5. The van der Waals surface area contributed by atoms with E-state index in [4.69, 9.17) is 10.6 Å². The van der Waals surface area contributed by atoms with Crippen molar-refractivity contribution in [3.63, 3.8) is 0 Å². The summed E-state index contributed by atoms with van der Waals surface area (Å²) in [4.78, 5) is 4.64. The fourth-order valence-corrected chi connectivity index (χ4v) is 2.85. The highest BCUT2D eigenvalue weighted by molar-refractivity contribution is 5.84. The lowest BCUT2D eigenvalue weighted by Crippen LogP contribution is -2.33. The molecule has 24 heavy (non-hydrogen) atoms. The summed E-state index contributed by atoms with van der Waals surface area (Å²) < 4.78 is 5.73. The van der Waals surface area contributed by atoms with Crippen molar-refractivity contribution in [1.82, 2.24) is 5.43 Å². The first kappa shape index (κ1) is 17.0. The quantitative estimate of drug-likeness (QED) is 0.294. The van der Waals surface area contributed by atoms with E-state index in [1.54, 1.807) is 0 Å². The van der Waals surface area contributed by atoms with Gasteiger partial charge in [-0.2, -0.15) is 0 Å². The Balaban J connectivity index is 1.65. The molecule has 3 N–H and O–H groups in total. The van der Waals surface area contributed by atoms with E-state index >= 15 is 0 Å². The standard InChI is InChI=1S/C20H27N3O/c1-15-5-6-17(10-9-16-7-8-16)12-18(15)13-20(23-21)22-14-19-4-2-3-11-24-19/h5-6,12,16,19H,2-4,7-8,11,13-14,21H2,1H3,(H,22,23). The third kappa shape index (κ3) is 5.09. The molecule has 2 fully saturated rings. The minimum atomic E-state index is 0.235. The summed E-state index contributed by atoms with van der Waals surface area (Å²) in [5.74, 6) is 13.7. The Kier molecular flexibility index (Phi) is 5.90. The van der Waals surface area contributed by atoms with Crippen molar-refractivity contribution < 1.29 is 4.74 Å². The monoisotopic (exact) mass is 325 g/mol. The van der Waals surface area contributed by atoms with Crippen molar-refractivity contribution in [1.29, 1.82) is 0 Å². The molecule has 3 rings (SSSR count). The van der Waals surface area contributed by atoms with Gasteiger partial charge in [0, 0.05) is 24.5 Å². The Morgan fingerprint density at radius 3 is 2.92 bits per heavy atom.